The third-order valence-corrected chi connectivity index (χ3v) is 4.67. The molecule has 1 fully saturated rings. The number of nitrogens with zero attached hydrogens (tertiary/aromatic N) is 1. The molecular formula is C18H19ClF3N3. The van der Waals surface area contributed by atoms with Gasteiger partial charge in [0.15, 0.2) is 0 Å². The van der Waals surface area contributed by atoms with Gasteiger partial charge in [0.1, 0.15) is 5.82 Å². The van der Waals surface area contributed by atoms with Gasteiger partial charge in [-0.15, -0.1) is 0 Å². The van der Waals surface area contributed by atoms with Crippen LogP contribution in [-0.4, -0.2) is 11.5 Å². The van der Waals surface area contributed by atoms with Crippen LogP contribution in [0.4, 0.5) is 24.7 Å². The highest BCUT2D eigenvalue weighted by Crippen LogP contribution is 2.38. The molecule has 0 amide bonds. The summed E-state index contributed by atoms with van der Waals surface area (Å²) in [7, 11) is 0. The number of nitrogens with two attached hydrogens (primary N) is 1. The molecule has 3 rings (SSSR count). The Labute approximate surface area is 149 Å². The summed E-state index contributed by atoms with van der Waals surface area (Å²) in [5, 5.41) is 3.21. The molecule has 3 N–H and O–H groups in total. The molecule has 134 valence electrons. The standard InChI is InChI=1S/C18H19ClF3N3/c19-15-10-12(18(20,21)22)5-6-13(15)14-7-9-25-17(16(14)23)24-8-1-2-11-3-4-11/h5-7,9-11H,1-4,8,23H2,(H,24,25). The molecule has 0 atom stereocenters. The van der Waals surface area contributed by atoms with Crippen LogP contribution >= 0.6 is 11.6 Å². The molecule has 1 aromatic carbocycles. The van der Waals surface area contributed by atoms with Crippen LogP contribution in [0.2, 0.25) is 5.02 Å². The Morgan fingerprint density at radius 3 is 2.60 bits per heavy atom. The molecule has 1 heterocycles. The van der Waals surface area contributed by atoms with Crippen LogP contribution in [-0.2, 0) is 6.18 Å². The van der Waals surface area contributed by atoms with E-state index in [9.17, 15) is 13.2 Å². The van der Waals surface area contributed by atoms with Crippen LogP contribution in [0.3, 0.4) is 0 Å². The molecule has 7 heteroatoms. The Morgan fingerprint density at radius 2 is 1.96 bits per heavy atom. The number of nitrogens with one attached hydrogen (secondary N) is 1. The zero-order valence-electron chi connectivity index (χ0n) is 13.5. The topological polar surface area (TPSA) is 50.9 Å². The summed E-state index contributed by atoms with van der Waals surface area (Å²) in [6.07, 6.45) is 2.02. The average Bonchev–Trinajstić information content (AvgIpc) is 3.37. The maximum atomic E-state index is 12.8. The SMILES string of the molecule is Nc1c(-c2ccc(C(F)(F)F)cc2Cl)ccnc1NCCCC1CC1. The van der Waals surface area contributed by atoms with E-state index >= 15 is 0 Å². The lowest BCUT2D eigenvalue weighted by molar-refractivity contribution is -0.137. The first-order chi connectivity index (χ1) is 11.9. The summed E-state index contributed by atoms with van der Waals surface area (Å²) in [5.74, 6) is 1.40. The quantitative estimate of drug-likeness (QED) is 0.651. The Hall–Kier alpha value is -1.95. The number of anilines is 2. The van der Waals surface area contributed by atoms with E-state index < -0.39 is 11.7 Å². The predicted octanol–water partition coefficient (Wildman–Crippen LogP) is 5.61. The van der Waals surface area contributed by atoms with Gasteiger partial charge in [-0.25, -0.2) is 4.98 Å². The lowest BCUT2D eigenvalue weighted by atomic mass is 10.0. The minimum Gasteiger partial charge on any atom is -0.395 e. The van der Waals surface area contributed by atoms with E-state index in [1.165, 1.54) is 25.3 Å². The van der Waals surface area contributed by atoms with Crippen molar-refractivity contribution in [1.29, 1.82) is 0 Å². The zero-order chi connectivity index (χ0) is 18.0. The highest BCUT2D eigenvalue weighted by Gasteiger charge is 2.31. The summed E-state index contributed by atoms with van der Waals surface area (Å²) in [6, 6.07) is 4.91. The Bertz CT molecular complexity index is 758. The molecule has 3 nitrogen and oxygen atoms in total. The van der Waals surface area contributed by atoms with Gasteiger partial charge in [0.25, 0.3) is 0 Å². The number of rotatable bonds is 6. The van der Waals surface area contributed by atoms with Gasteiger partial charge in [-0.3, -0.25) is 0 Å². The number of alkyl halides is 3. The average molecular weight is 370 g/mol. The molecule has 0 spiro atoms. The van der Waals surface area contributed by atoms with Gasteiger partial charge >= 0.3 is 6.18 Å². The Kier molecular flexibility index (Phi) is 5.08. The first kappa shape index (κ1) is 17.9. The van der Waals surface area contributed by atoms with Gasteiger partial charge in [-0.1, -0.05) is 30.5 Å². The molecular weight excluding hydrogens is 351 g/mol. The number of nitrogen functional groups attached to an aromatic ring is 1. The van der Waals surface area contributed by atoms with Crippen molar-refractivity contribution in [3.8, 4) is 11.1 Å². The number of halogens is 4. The summed E-state index contributed by atoms with van der Waals surface area (Å²) in [5.41, 5.74) is 6.78. The molecule has 1 aliphatic carbocycles. The van der Waals surface area contributed by atoms with Crippen LogP contribution in [0, 0.1) is 5.92 Å². The molecule has 0 saturated heterocycles. The van der Waals surface area contributed by atoms with E-state index in [0.29, 0.717) is 22.6 Å². The molecule has 0 bridgehead atoms. The minimum atomic E-state index is -4.43. The minimum absolute atomic E-state index is 0.00686. The van der Waals surface area contributed by atoms with Crippen LogP contribution < -0.4 is 11.1 Å². The van der Waals surface area contributed by atoms with E-state index in [4.69, 9.17) is 17.3 Å². The van der Waals surface area contributed by atoms with Crippen LogP contribution in [0.1, 0.15) is 31.2 Å². The van der Waals surface area contributed by atoms with Gasteiger partial charge in [0.05, 0.1) is 11.3 Å². The fourth-order valence-electron chi connectivity index (χ4n) is 2.76. The van der Waals surface area contributed by atoms with Crippen molar-refractivity contribution >= 4 is 23.1 Å². The summed E-state index contributed by atoms with van der Waals surface area (Å²) < 4.78 is 38.3. The highest BCUT2D eigenvalue weighted by molar-refractivity contribution is 6.33. The van der Waals surface area contributed by atoms with E-state index in [0.717, 1.165) is 31.0 Å². The van der Waals surface area contributed by atoms with E-state index in [2.05, 4.69) is 10.3 Å². The van der Waals surface area contributed by atoms with Gasteiger partial charge in [-0.2, -0.15) is 13.2 Å². The Morgan fingerprint density at radius 1 is 1.20 bits per heavy atom. The maximum absolute atomic E-state index is 12.8. The molecule has 2 aromatic rings. The lowest BCUT2D eigenvalue weighted by Crippen LogP contribution is -2.08. The number of benzene rings is 1. The van der Waals surface area contributed by atoms with E-state index in [1.807, 2.05) is 0 Å². The van der Waals surface area contributed by atoms with Crippen LogP contribution in [0.25, 0.3) is 11.1 Å². The van der Waals surface area contributed by atoms with Gasteiger partial charge < -0.3 is 11.1 Å². The summed E-state index contributed by atoms with van der Waals surface area (Å²) in [4.78, 5) is 4.22. The van der Waals surface area contributed by atoms with Gasteiger partial charge in [-0.05, 0) is 37.0 Å². The first-order valence-corrected chi connectivity index (χ1v) is 8.59. The van der Waals surface area contributed by atoms with Crippen molar-refractivity contribution in [3.63, 3.8) is 0 Å². The van der Waals surface area contributed by atoms with E-state index in [1.54, 1.807) is 12.3 Å². The van der Waals surface area contributed by atoms with Crippen LogP contribution in [0.5, 0.6) is 0 Å². The molecule has 1 aliphatic rings. The monoisotopic (exact) mass is 369 g/mol. The number of pyridine rings is 1. The highest BCUT2D eigenvalue weighted by atomic mass is 35.5. The predicted molar refractivity (Wildman–Crippen MR) is 94.5 cm³/mol. The maximum Gasteiger partial charge on any atom is 0.416 e. The lowest BCUT2D eigenvalue weighted by Gasteiger charge is -2.14. The zero-order valence-corrected chi connectivity index (χ0v) is 14.3. The van der Waals surface area contributed by atoms with Crippen molar-refractivity contribution in [2.24, 2.45) is 5.92 Å². The molecule has 0 aliphatic heterocycles. The third kappa shape index (κ3) is 4.37. The van der Waals surface area contributed by atoms with Crippen molar-refractivity contribution < 1.29 is 13.2 Å². The van der Waals surface area contributed by atoms with Gasteiger partial charge in [0, 0.05) is 28.9 Å². The van der Waals surface area contributed by atoms with Crippen molar-refractivity contribution in [2.45, 2.75) is 31.9 Å². The van der Waals surface area contributed by atoms with Crippen molar-refractivity contribution in [2.75, 3.05) is 17.6 Å². The van der Waals surface area contributed by atoms with Gasteiger partial charge in [0.2, 0.25) is 0 Å². The second-order valence-electron chi connectivity index (χ2n) is 6.33. The molecule has 0 radical (unpaired) electrons. The number of hydrogen-bond acceptors (Lipinski definition) is 3. The fourth-order valence-corrected chi connectivity index (χ4v) is 3.05. The van der Waals surface area contributed by atoms with Crippen LogP contribution in [0.15, 0.2) is 30.5 Å². The second kappa shape index (κ2) is 7.12. The fraction of sp³-hybridized carbons (Fsp3) is 0.389. The van der Waals surface area contributed by atoms with Crippen molar-refractivity contribution in [1.82, 2.24) is 4.98 Å². The molecule has 0 unspecified atom stereocenters. The number of aromatic nitrogens is 1. The second-order valence-corrected chi connectivity index (χ2v) is 6.73. The summed E-state index contributed by atoms with van der Waals surface area (Å²) in [6.45, 7) is 0.762. The van der Waals surface area contributed by atoms with Crippen molar-refractivity contribution in [3.05, 3.63) is 41.0 Å². The molecule has 1 saturated carbocycles. The third-order valence-electron chi connectivity index (χ3n) is 4.36. The smallest absolute Gasteiger partial charge is 0.395 e. The Balaban J connectivity index is 1.78. The number of hydrogen-bond donors (Lipinski definition) is 2. The molecule has 1 aromatic heterocycles. The molecule has 25 heavy (non-hydrogen) atoms. The summed E-state index contributed by atoms with van der Waals surface area (Å²) >= 11 is 6.07. The largest absolute Gasteiger partial charge is 0.416 e. The van der Waals surface area contributed by atoms with E-state index in [-0.39, 0.29) is 5.02 Å². The first-order valence-electron chi connectivity index (χ1n) is 8.21. The normalized spacial score (nSPS) is 14.6.